The van der Waals surface area contributed by atoms with E-state index in [9.17, 15) is 9.90 Å². The van der Waals surface area contributed by atoms with Crippen molar-refractivity contribution in [1.29, 1.82) is 0 Å². The highest BCUT2D eigenvalue weighted by Crippen LogP contribution is 2.25. The largest absolute Gasteiger partial charge is 0.497 e. The fourth-order valence-corrected chi connectivity index (χ4v) is 2.26. The average Bonchev–Trinajstić information content (AvgIpc) is 2.59. The van der Waals surface area contributed by atoms with E-state index in [0.29, 0.717) is 30.1 Å². The first kappa shape index (κ1) is 16.7. The van der Waals surface area contributed by atoms with Gasteiger partial charge in [0.15, 0.2) is 0 Å². The third-order valence-electron chi connectivity index (χ3n) is 3.53. The molecule has 0 spiro atoms. The van der Waals surface area contributed by atoms with Crippen LogP contribution in [-0.2, 0) is 4.79 Å². The van der Waals surface area contributed by atoms with Crippen LogP contribution in [0.5, 0.6) is 17.2 Å². The summed E-state index contributed by atoms with van der Waals surface area (Å²) >= 11 is 0. The van der Waals surface area contributed by atoms with Crippen molar-refractivity contribution in [2.45, 2.75) is 12.3 Å². The van der Waals surface area contributed by atoms with Gasteiger partial charge in [-0.05, 0) is 48.4 Å². The van der Waals surface area contributed by atoms with Gasteiger partial charge in [-0.3, -0.25) is 4.79 Å². The molecular weight excluding hydrogens is 296 g/mol. The van der Waals surface area contributed by atoms with Crippen molar-refractivity contribution >= 4 is 5.97 Å². The first-order chi connectivity index (χ1) is 11.1. The molecule has 2 aromatic carbocycles. The predicted octanol–water partition coefficient (Wildman–Crippen LogP) is 3.34. The van der Waals surface area contributed by atoms with E-state index in [2.05, 4.69) is 0 Å². The van der Waals surface area contributed by atoms with Gasteiger partial charge in [0.05, 0.1) is 26.7 Å². The monoisotopic (exact) mass is 316 g/mol. The van der Waals surface area contributed by atoms with E-state index in [4.69, 9.17) is 14.2 Å². The lowest BCUT2D eigenvalue weighted by atomic mass is 9.96. The molecule has 0 aliphatic rings. The molecule has 0 saturated carbocycles. The molecular formula is C18H20O5. The summed E-state index contributed by atoms with van der Waals surface area (Å²) < 4.78 is 15.8. The van der Waals surface area contributed by atoms with Crippen LogP contribution in [0.4, 0.5) is 0 Å². The summed E-state index contributed by atoms with van der Waals surface area (Å²) in [6.45, 7) is 0.306. The van der Waals surface area contributed by atoms with E-state index < -0.39 is 11.9 Å². The summed E-state index contributed by atoms with van der Waals surface area (Å²) in [5, 5.41) is 9.44. The van der Waals surface area contributed by atoms with Crippen LogP contribution >= 0.6 is 0 Å². The summed E-state index contributed by atoms with van der Waals surface area (Å²) in [4.78, 5) is 11.5. The van der Waals surface area contributed by atoms with Crippen molar-refractivity contribution in [2.75, 3.05) is 20.8 Å². The number of rotatable bonds is 8. The van der Waals surface area contributed by atoms with Crippen LogP contribution in [0, 0.1) is 0 Å². The van der Waals surface area contributed by atoms with Gasteiger partial charge in [-0.1, -0.05) is 12.1 Å². The fourth-order valence-electron chi connectivity index (χ4n) is 2.26. The Kier molecular flexibility index (Phi) is 5.86. The zero-order chi connectivity index (χ0) is 16.7. The molecule has 0 radical (unpaired) electrons. The zero-order valence-corrected chi connectivity index (χ0v) is 13.2. The smallest absolute Gasteiger partial charge is 0.311 e. The van der Waals surface area contributed by atoms with Gasteiger partial charge in [0.1, 0.15) is 17.2 Å². The van der Waals surface area contributed by atoms with E-state index >= 15 is 0 Å². The normalized spacial score (nSPS) is 11.6. The molecule has 0 aliphatic carbocycles. The Morgan fingerprint density at radius 2 is 1.65 bits per heavy atom. The average molecular weight is 316 g/mol. The molecule has 0 saturated heterocycles. The zero-order valence-electron chi connectivity index (χ0n) is 13.2. The lowest BCUT2D eigenvalue weighted by Crippen LogP contribution is -2.15. The van der Waals surface area contributed by atoms with Gasteiger partial charge in [-0.15, -0.1) is 0 Å². The molecule has 122 valence electrons. The Morgan fingerprint density at radius 1 is 1.00 bits per heavy atom. The lowest BCUT2D eigenvalue weighted by molar-refractivity contribution is -0.139. The topological polar surface area (TPSA) is 65.0 Å². The van der Waals surface area contributed by atoms with Crippen molar-refractivity contribution < 1.29 is 24.1 Å². The Morgan fingerprint density at radius 3 is 2.26 bits per heavy atom. The first-order valence-electron chi connectivity index (χ1n) is 7.27. The second-order valence-corrected chi connectivity index (χ2v) is 4.98. The van der Waals surface area contributed by atoms with Crippen molar-refractivity contribution in [2.24, 2.45) is 0 Å². The van der Waals surface area contributed by atoms with E-state index in [1.807, 2.05) is 0 Å². The summed E-state index contributed by atoms with van der Waals surface area (Å²) in [7, 11) is 3.16. The molecule has 0 amide bonds. The molecule has 5 nitrogen and oxygen atoms in total. The van der Waals surface area contributed by atoms with E-state index in [1.165, 1.54) is 0 Å². The summed E-state index contributed by atoms with van der Waals surface area (Å²) in [6, 6.07) is 14.3. The summed E-state index contributed by atoms with van der Waals surface area (Å²) in [6.07, 6.45) is 0.370. The maximum Gasteiger partial charge on any atom is 0.311 e. The molecule has 23 heavy (non-hydrogen) atoms. The van der Waals surface area contributed by atoms with Gasteiger partial charge >= 0.3 is 5.97 Å². The minimum atomic E-state index is -0.878. The first-order valence-corrected chi connectivity index (χ1v) is 7.27. The van der Waals surface area contributed by atoms with Crippen LogP contribution in [0.3, 0.4) is 0 Å². The van der Waals surface area contributed by atoms with Crippen LogP contribution < -0.4 is 14.2 Å². The molecule has 0 heterocycles. The molecule has 5 heteroatoms. The van der Waals surface area contributed by atoms with Crippen molar-refractivity contribution in [3.05, 3.63) is 54.1 Å². The molecule has 2 aromatic rings. The standard InChI is InChI=1S/C18H20O5/c1-21-14-6-8-15(9-7-14)23-11-10-17(18(19)20)13-4-3-5-16(12-13)22-2/h3-9,12,17H,10-11H2,1-2H3,(H,19,20). The number of carbonyl (C=O) groups is 1. The number of hydrogen-bond donors (Lipinski definition) is 1. The van der Waals surface area contributed by atoms with Crippen LogP contribution in [-0.4, -0.2) is 31.9 Å². The van der Waals surface area contributed by atoms with Gasteiger partial charge in [0.25, 0.3) is 0 Å². The quantitative estimate of drug-likeness (QED) is 0.809. The Labute approximate surface area is 135 Å². The number of carboxylic acid groups (broad SMARTS) is 1. The predicted molar refractivity (Wildman–Crippen MR) is 86.5 cm³/mol. The molecule has 0 aliphatic heterocycles. The minimum absolute atomic E-state index is 0.306. The fraction of sp³-hybridized carbons (Fsp3) is 0.278. The number of ether oxygens (including phenoxy) is 3. The van der Waals surface area contributed by atoms with E-state index in [-0.39, 0.29) is 0 Å². The van der Waals surface area contributed by atoms with E-state index in [0.717, 1.165) is 5.75 Å². The van der Waals surface area contributed by atoms with Crippen LogP contribution in [0.15, 0.2) is 48.5 Å². The maximum absolute atomic E-state index is 11.5. The highest BCUT2D eigenvalue weighted by molar-refractivity contribution is 5.76. The van der Waals surface area contributed by atoms with Gasteiger partial charge in [-0.25, -0.2) is 0 Å². The molecule has 1 unspecified atom stereocenters. The number of methoxy groups -OCH3 is 2. The van der Waals surface area contributed by atoms with Crippen LogP contribution in [0.25, 0.3) is 0 Å². The number of benzene rings is 2. The third kappa shape index (κ3) is 4.64. The Bertz CT molecular complexity index is 636. The summed E-state index contributed by atoms with van der Waals surface area (Å²) in [5.74, 6) is 0.558. The van der Waals surface area contributed by atoms with Crippen LogP contribution in [0.2, 0.25) is 0 Å². The van der Waals surface area contributed by atoms with Crippen molar-refractivity contribution in [3.8, 4) is 17.2 Å². The van der Waals surface area contributed by atoms with Gasteiger partial charge < -0.3 is 19.3 Å². The second-order valence-electron chi connectivity index (χ2n) is 4.98. The van der Waals surface area contributed by atoms with Gasteiger partial charge in [0, 0.05) is 0 Å². The van der Waals surface area contributed by atoms with Crippen LogP contribution in [0.1, 0.15) is 17.9 Å². The number of carboxylic acids is 1. The highest BCUT2D eigenvalue weighted by Gasteiger charge is 2.20. The molecule has 0 aromatic heterocycles. The Balaban J connectivity index is 1.98. The highest BCUT2D eigenvalue weighted by atomic mass is 16.5. The van der Waals surface area contributed by atoms with Gasteiger partial charge in [-0.2, -0.15) is 0 Å². The molecule has 2 rings (SSSR count). The van der Waals surface area contributed by atoms with E-state index in [1.54, 1.807) is 62.8 Å². The number of hydrogen-bond acceptors (Lipinski definition) is 4. The van der Waals surface area contributed by atoms with Crippen molar-refractivity contribution in [3.63, 3.8) is 0 Å². The SMILES string of the molecule is COc1ccc(OCCC(C(=O)O)c2cccc(OC)c2)cc1. The molecule has 1 atom stereocenters. The molecule has 1 N–H and O–H groups in total. The second kappa shape index (κ2) is 8.08. The summed E-state index contributed by atoms with van der Waals surface area (Å²) in [5.41, 5.74) is 0.704. The molecule has 0 fully saturated rings. The molecule has 0 bridgehead atoms. The Hall–Kier alpha value is -2.69. The third-order valence-corrected chi connectivity index (χ3v) is 3.53. The maximum atomic E-state index is 11.5. The lowest BCUT2D eigenvalue weighted by Gasteiger charge is -2.14. The minimum Gasteiger partial charge on any atom is -0.497 e. The van der Waals surface area contributed by atoms with Gasteiger partial charge in [0.2, 0.25) is 0 Å². The van der Waals surface area contributed by atoms with Crippen molar-refractivity contribution in [1.82, 2.24) is 0 Å². The number of aliphatic carboxylic acids is 1.